The Hall–Kier alpha value is -1.89. The first-order chi connectivity index (χ1) is 13.9. The molecule has 2 aromatic rings. The van der Waals surface area contributed by atoms with Crippen LogP contribution >= 0.6 is 39.1 Å². The van der Waals surface area contributed by atoms with Gasteiger partial charge in [0, 0.05) is 46.0 Å². The van der Waals surface area contributed by atoms with E-state index < -0.39 is 18.0 Å². The van der Waals surface area contributed by atoms with Crippen LogP contribution in [0, 0.1) is 5.92 Å². The average molecular weight is 499 g/mol. The smallest absolute Gasteiger partial charge is 0.312 e. The Kier molecular flexibility index (Phi) is 7.33. The third-order valence-electron chi connectivity index (χ3n) is 4.65. The monoisotopic (exact) mass is 497 g/mol. The number of nitrogens with zero attached hydrogens (tertiary/aromatic N) is 1. The van der Waals surface area contributed by atoms with Crippen LogP contribution in [-0.4, -0.2) is 36.2 Å². The van der Waals surface area contributed by atoms with E-state index in [1.165, 1.54) is 0 Å². The Morgan fingerprint density at radius 1 is 1.14 bits per heavy atom. The summed E-state index contributed by atoms with van der Waals surface area (Å²) in [5, 5.41) is 0.505. The summed E-state index contributed by atoms with van der Waals surface area (Å²) in [7, 11) is 0. The molecule has 0 spiro atoms. The van der Waals surface area contributed by atoms with Gasteiger partial charge in [-0.2, -0.15) is 0 Å². The van der Waals surface area contributed by atoms with Gasteiger partial charge in [0.25, 0.3) is 0 Å². The molecule has 1 aliphatic heterocycles. The molecule has 1 fully saturated rings. The van der Waals surface area contributed by atoms with Crippen molar-refractivity contribution < 1.29 is 19.1 Å². The molecule has 0 saturated carbocycles. The van der Waals surface area contributed by atoms with E-state index >= 15 is 0 Å². The standard InChI is InChI=1S/C21H18BrCl2NO4/c22-15-3-7-17(8-4-15)25-12-14(11-19(25)26)21(28)29-18(9-10-23)20(27)13-1-5-16(24)6-2-13/h1-8,14,18H,9-12H2/t14-,18-/m1/s1. The Morgan fingerprint density at radius 2 is 1.79 bits per heavy atom. The van der Waals surface area contributed by atoms with Gasteiger partial charge >= 0.3 is 5.97 Å². The highest BCUT2D eigenvalue weighted by atomic mass is 79.9. The SMILES string of the molecule is O=C(O[C@H](CCCl)C(=O)c1ccc(Cl)cc1)[C@@H]1CC(=O)N(c2ccc(Br)cc2)C1. The number of carbonyl (C=O) groups excluding carboxylic acids is 3. The van der Waals surface area contributed by atoms with E-state index in [1.807, 2.05) is 12.1 Å². The van der Waals surface area contributed by atoms with Gasteiger partial charge in [0.1, 0.15) is 0 Å². The van der Waals surface area contributed by atoms with Crippen molar-refractivity contribution >= 4 is 62.5 Å². The molecule has 5 nitrogen and oxygen atoms in total. The number of halogens is 3. The molecule has 29 heavy (non-hydrogen) atoms. The quantitative estimate of drug-likeness (QED) is 0.310. The van der Waals surface area contributed by atoms with Crippen LogP contribution in [0.2, 0.25) is 5.02 Å². The van der Waals surface area contributed by atoms with Crippen molar-refractivity contribution in [2.24, 2.45) is 5.92 Å². The minimum atomic E-state index is -1.00. The molecule has 1 aliphatic rings. The molecular weight excluding hydrogens is 481 g/mol. The van der Waals surface area contributed by atoms with E-state index in [0.29, 0.717) is 16.3 Å². The lowest BCUT2D eigenvalue weighted by molar-refractivity contribution is -0.151. The number of carbonyl (C=O) groups is 3. The van der Waals surface area contributed by atoms with Crippen molar-refractivity contribution in [3.8, 4) is 0 Å². The second-order valence-corrected chi connectivity index (χ2v) is 8.39. The summed E-state index contributed by atoms with van der Waals surface area (Å²) in [4.78, 5) is 39.3. The van der Waals surface area contributed by atoms with Gasteiger partial charge in [0.2, 0.25) is 11.7 Å². The van der Waals surface area contributed by atoms with Gasteiger partial charge in [-0.3, -0.25) is 14.4 Å². The fourth-order valence-electron chi connectivity index (χ4n) is 3.12. The first kappa shape index (κ1) is 21.8. The van der Waals surface area contributed by atoms with Gasteiger partial charge in [-0.1, -0.05) is 27.5 Å². The van der Waals surface area contributed by atoms with Crippen molar-refractivity contribution in [2.45, 2.75) is 18.9 Å². The van der Waals surface area contributed by atoms with Crippen LogP contribution in [0.3, 0.4) is 0 Å². The molecule has 0 aromatic heterocycles. The van der Waals surface area contributed by atoms with Crippen molar-refractivity contribution in [3.05, 3.63) is 63.6 Å². The molecule has 1 saturated heterocycles. The topological polar surface area (TPSA) is 63.7 Å². The maximum Gasteiger partial charge on any atom is 0.312 e. The van der Waals surface area contributed by atoms with E-state index in [4.69, 9.17) is 27.9 Å². The van der Waals surface area contributed by atoms with E-state index in [-0.39, 0.29) is 37.0 Å². The van der Waals surface area contributed by atoms with E-state index in [2.05, 4.69) is 15.9 Å². The maximum atomic E-state index is 12.7. The number of hydrogen-bond donors (Lipinski definition) is 0. The van der Waals surface area contributed by atoms with Crippen molar-refractivity contribution in [1.29, 1.82) is 0 Å². The predicted molar refractivity (Wildman–Crippen MR) is 116 cm³/mol. The van der Waals surface area contributed by atoms with Crippen LogP contribution in [0.5, 0.6) is 0 Å². The molecule has 0 N–H and O–H groups in total. The second kappa shape index (κ2) is 9.74. The Labute approximate surface area is 187 Å². The molecule has 1 heterocycles. The van der Waals surface area contributed by atoms with Crippen LogP contribution in [-0.2, 0) is 14.3 Å². The van der Waals surface area contributed by atoms with Gasteiger partial charge in [-0.15, -0.1) is 11.6 Å². The zero-order valence-corrected chi connectivity index (χ0v) is 18.4. The van der Waals surface area contributed by atoms with Crippen molar-refractivity contribution in [1.82, 2.24) is 0 Å². The van der Waals surface area contributed by atoms with E-state index in [0.717, 1.165) is 4.47 Å². The highest BCUT2D eigenvalue weighted by molar-refractivity contribution is 9.10. The molecule has 1 amide bonds. The number of hydrogen-bond acceptors (Lipinski definition) is 4. The average Bonchev–Trinajstić information content (AvgIpc) is 3.10. The first-order valence-electron chi connectivity index (χ1n) is 9.01. The highest BCUT2D eigenvalue weighted by Gasteiger charge is 2.38. The summed E-state index contributed by atoms with van der Waals surface area (Å²) in [6, 6.07) is 13.6. The van der Waals surface area contributed by atoms with Gasteiger partial charge in [-0.25, -0.2) is 0 Å². The summed E-state index contributed by atoms with van der Waals surface area (Å²) in [5.41, 5.74) is 1.10. The molecule has 2 atom stereocenters. The fraction of sp³-hybridized carbons (Fsp3) is 0.286. The lowest BCUT2D eigenvalue weighted by Gasteiger charge is -2.19. The lowest BCUT2D eigenvalue weighted by Crippen LogP contribution is -2.32. The number of anilines is 1. The molecule has 0 bridgehead atoms. The van der Waals surface area contributed by atoms with Crippen LogP contribution < -0.4 is 4.90 Å². The van der Waals surface area contributed by atoms with Crippen LogP contribution in [0.1, 0.15) is 23.2 Å². The highest BCUT2D eigenvalue weighted by Crippen LogP contribution is 2.28. The van der Waals surface area contributed by atoms with E-state index in [9.17, 15) is 14.4 Å². The molecule has 0 unspecified atom stereocenters. The molecule has 0 radical (unpaired) electrons. The Balaban J connectivity index is 1.68. The number of Topliss-reactive ketones (excluding diaryl/α,β-unsaturated/α-hetero) is 1. The first-order valence-corrected chi connectivity index (χ1v) is 10.7. The number of amides is 1. The van der Waals surface area contributed by atoms with Crippen LogP contribution in [0.4, 0.5) is 5.69 Å². The molecular formula is C21H18BrCl2NO4. The number of ketones is 1. The third kappa shape index (κ3) is 5.38. The van der Waals surface area contributed by atoms with Crippen molar-refractivity contribution in [2.75, 3.05) is 17.3 Å². The van der Waals surface area contributed by atoms with Crippen LogP contribution in [0.25, 0.3) is 0 Å². The largest absolute Gasteiger partial charge is 0.454 e. The second-order valence-electron chi connectivity index (χ2n) is 6.66. The minimum absolute atomic E-state index is 0.0393. The van der Waals surface area contributed by atoms with Gasteiger partial charge in [0.15, 0.2) is 6.10 Å². The zero-order valence-electron chi connectivity index (χ0n) is 15.3. The number of esters is 1. The molecule has 152 valence electrons. The normalized spacial score (nSPS) is 17.3. The van der Waals surface area contributed by atoms with E-state index in [1.54, 1.807) is 41.3 Å². The van der Waals surface area contributed by atoms with Gasteiger partial charge in [0.05, 0.1) is 5.92 Å². The number of ether oxygens (including phenoxy) is 1. The third-order valence-corrected chi connectivity index (χ3v) is 5.65. The summed E-state index contributed by atoms with van der Waals surface area (Å²) in [6.45, 7) is 0.210. The number of benzene rings is 2. The minimum Gasteiger partial charge on any atom is -0.454 e. The predicted octanol–water partition coefficient (Wildman–Crippen LogP) is 4.88. The zero-order chi connectivity index (χ0) is 21.0. The molecule has 3 rings (SSSR count). The Bertz CT molecular complexity index is 902. The molecule has 8 heteroatoms. The molecule has 0 aliphatic carbocycles. The Morgan fingerprint density at radius 3 is 2.41 bits per heavy atom. The summed E-state index contributed by atoms with van der Waals surface area (Å²) in [5.74, 6) is -1.55. The van der Waals surface area contributed by atoms with Gasteiger partial charge in [-0.05, 0) is 48.5 Å². The maximum absolute atomic E-state index is 12.7. The number of alkyl halides is 1. The summed E-state index contributed by atoms with van der Waals surface area (Å²) in [6.07, 6.45) is -0.776. The fourth-order valence-corrected chi connectivity index (χ4v) is 3.70. The summed E-state index contributed by atoms with van der Waals surface area (Å²) >= 11 is 15.0. The summed E-state index contributed by atoms with van der Waals surface area (Å²) < 4.78 is 6.38. The lowest BCUT2D eigenvalue weighted by atomic mass is 10.0. The molecule has 2 aromatic carbocycles. The number of rotatable bonds is 7. The van der Waals surface area contributed by atoms with Crippen LogP contribution in [0.15, 0.2) is 53.0 Å². The van der Waals surface area contributed by atoms with Crippen molar-refractivity contribution in [3.63, 3.8) is 0 Å². The van der Waals surface area contributed by atoms with Gasteiger partial charge < -0.3 is 9.64 Å².